The van der Waals surface area contributed by atoms with Gasteiger partial charge in [0.05, 0.1) is 11.7 Å². The normalized spacial score (nSPS) is 29.8. The van der Waals surface area contributed by atoms with Crippen molar-refractivity contribution in [2.75, 3.05) is 0 Å². The highest BCUT2D eigenvalue weighted by Gasteiger charge is 2.31. The Labute approximate surface area is 74.4 Å². The maximum absolute atomic E-state index is 5.29. The first kappa shape index (κ1) is 9.11. The van der Waals surface area contributed by atoms with Crippen LogP contribution in [0.1, 0.15) is 27.2 Å². The van der Waals surface area contributed by atoms with E-state index in [9.17, 15) is 0 Å². The van der Waals surface area contributed by atoms with Gasteiger partial charge in [-0.2, -0.15) is 0 Å². The maximum Gasteiger partial charge on any atom is 0.113 e. The van der Waals surface area contributed by atoms with Crippen LogP contribution in [0.2, 0.25) is 0 Å². The van der Waals surface area contributed by atoms with Crippen molar-refractivity contribution in [2.24, 2.45) is 5.41 Å². The van der Waals surface area contributed by atoms with Crippen molar-refractivity contribution < 1.29 is 4.74 Å². The summed E-state index contributed by atoms with van der Waals surface area (Å²) in [5.74, 6) is 1.08. The lowest BCUT2D eigenvalue weighted by atomic mass is 9.83. The number of rotatable bonds is 0. The first-order valence-electron chi connectivity index (χ1n) is 4.53. The van der Waals surface area contributed by atoms with Crippen LogP contribution in [-0.4, -0.2) is 0 Å². The Hall–Kier alpha value is -0.980. The van der Waals surface area contributed by atoms with Gasteiger partial charge in [-0.1, -0.05) is 26.0 Å². The lowest BCUT2D eigenvalue weighted by Crippen LogP contribution is -2.13. The fourth-order valence-corrected chi connectivity index (χ4v) is 1.34. The van der Waals surface area contributed by atoms with Gasteiger partial charge in [-0.3, -0.25) is 0 Å². The van der Waals surface area contributed by atoms with Crippen molar-refractivity contribution in [1.82, 2.24) is 0 Å². The predicted octanol–water partition coefficient (Wildman–Crippen LogP) is 3.41. The molecule has 66 valence electrons. The molecule has 1 heteroatoms. The number of allylic oxidation sites excluding steroid dienone is 4. The summed E-state index contributed by atoms with van der Waals surface area (Å²) in [4.78, 5) is 0. The van der Waals surface area contributed by atoms with Crippen LogP contribution in [0.4, 0.5) is 0 Å². The fraction of sp³-hybridized carbons (Fsp3) is 0.455. The van der Waals surface area contributed by atoms with Gasteiger partial charge in [0.1, 0.15) is 5.76 Å². The number of ether oxygens (including phenoxy) is 1. The highest BCUT2D eigenvalue weighted by Crippen LogP contribution is 2.40. The molecule has 0 radical (unpaired) electrons. The van der Waals surface area contributed by atoms with Gasteiger partial charge in [-0.25, -0.2) is 0 Å². The van der Waals surface area contributed by atoms with E-state index in [1.54, 1.807) is 6.26 Å². The Morgan fingerprint density at radius 1 is 1.42 bits per heavy atom. The van der Waals surface area contributed by atoms with E-state index in [1.165, 1.54) is 0 Å². The molecule has 1 unspecified atom stereocenters. The van der Waals surface area contributed by atoms with Crippen LogP contribution in [-0.2, 0) is 4.74 Å². The Morgan fingerprint density at radius 2 is 2.17 bits per heavy atom. The molecule has 0 amide bonds. The summed E-state index contributed by atoms with van der Waals surface area (Å²) in [6.45, 7) is 6.19. The summed E-state index contributed by atoms with van der Waals surface area (Å²) < 4.78 is 5.29. The third-order valence-corrected chi connectivity index (χ3v) is 2.12. The summed E-state index contributed by atoms with van der Waals surface area (Å²) in [6.07, 6.45) is 11.2. The van der Waals surface area contributed by atoms with Crippen molar-refractivity contribution in [3.63, 3.8) is 0 Å². The van der Waals surface area contributed by atoms with Crippen molar-refractivity contribution in [3.8, 4) is 0 Å². The average molecular weight is 164 g/mol. The van der Waals surface area contributed by atoms with E-state index < -0.39 is 0 Å². The first-order chi connectivity index (χ1) is 5.81. The zero-order chi connectivity index (χ0) is 9.03. The monoisotopic (exact) mass is 164 g/mol. The van der Waals surface area contributed by atoms with Gasteiger partial charge in [0.25, 0.3) is 0 Å². The summed E-state index contributed by atoms with van der Waals surface area (Å²) in [7, 11) is 0. The largest absolute Gasteiger partial charge is 0.469 e. The van der Waals surface area contributed by atoms with Crippen LogP contribution in [0.5, 0.6) is 0 Å². The van der Waals surface area contributed by atoms with Crippen molar-refractivity contribution in [3.05, 3.63) is 36.3 Å². The van der Waals surface area contributed by atoms with E-state index in [0.29, 0.717) is 0 Å². The molecule has 1 nitrogen and oxygen atoms in total. The van der Waals surface area contributed by atoms with Crippen molar-refractivity contribution >= 4 is 0 Å². The number of fused-ring (bicyclic) bond motifs is 1. The molecule has 0 spiro atoms. The fourth-order valence-electron chi connectivity index (χ4n) is 1.34. The average Bonchev–Trinajstić information content (AvgIpc) is 2.49. The molecule has 2 rings (SSSR count). The van der Waals surface area contributed by atoms with Crippen LogP contribution in [0.25, 0.3) is 0 Å². The van der Waals surface area contributed by atoms with E-state index in [4.69, 9.17) is 4.74 Å². The molecule has 0 fully saturated rings. The molecule has 1 atom stereocenters. The molecule has 0 aromatic heterocycles. The van der Waals surface area contributed by atoms with E-state index in [0.717, 1.165) is 12.2 Å². The quantitative estimate of drug-likeness (QED) is 0.533. The van der Waals surface area contributed by atoms with E-state index >= 15 is 0 Å². The summed E-state index contributed by atoms with van der Waals surface area (Å²) in [5.41, 5.74) is 0.161. The molecular weight excluding hydrogens is 148 g/mol. The highest BCUT2D eigenvalue weighted by atomic mass is 16.5. The molecule has 12 heavy (non-hydrogen) atoms. The second-order valence-corrected chi connectivity index (χ2v) is 3.00. The van der Waals surface area contributed by atoms with Gasteiger partial charge < -0.3 is 4.74 Å². The first-order valence-corrected chi connectivity index (χ1v) is 4.53. The predicted molar refractivity (Wildman–Crippen MR) is 51.5 cm³/mol. The molecule has 0 aromatic rings. The standard InChI is InChI=1S/C9H10O.C2H6/c1-9-5-3-2-4-8(9)10-7-6-9;1-2/h2-4,6-7H,5H2,1H3;1-2H3. The molecule has 0 N–H and O–H groups in total. The minimum Gasteiger partial charge on any atom is -0.469 e. The zero-order valence-electron chi connectivity index (χ0n) is 8.00. The van der Waals surface area contributed by atoms with E-state index in [2.05, 4.69) is 19.1 Å². The molecule has 1 aliphatic heterocycles. The molecule has 0 bridgehead atoms. The van der Waals surface area contributed by atoms with Crippen LogP contribution in [0, 0.1) is 5.41 Å². The third-order valence-electron chi connectivity index (χ3n) is 2.12. The second kappa shape index (κ2) is 3.61. The molecular formula is C11H16O. The maximum atomic E-state index is 5.29. The van der Waals surface area contributed by atoms with Gasteiger partial charge in [-0.05, 0) is 25.5 Å². The van der Waals surface area contributed by atoms with Crippen molar-refractivity contribution in [2.45, 2.75) is 27.2 Å². The van der Waals surface area contributed by atoms with Crippen LogP contribution >= 0.6 is 0 Å². The van der Waals surface area contributed by atoms with Crippen LogP contribution in [0.3, 0.4) is 0 Å². The summed E-state index contributed by atoms with van der Waals surface area (Å²) >= 11 is 0. The van der Waals surface area contributed by atoms with E-state index in [-0.39, 0.29) is 5.41 Å². The van der Waals surface area contributed by atoms with Gasteiger partial charge in [0.2, 0.25) is 0 Å². The molecule has 1 aliphatic carbocycles. The lowest BCUT2D eigenvalue weighted by Gasteiger charge is -2.22. The highest BCUT2D eigenvalue weighted by molar-refractivity contribution is 5.29. The summed E-state index contributed by atoms with van der Waals surface area (Å²) in [5, 5.41) is 0. The molecule has 0 saturated heterocycles. The Kier molecular flexibility index (Phi) is 2.74. The SMILES string of the molecule is CC.CC12C=COC1=CC=CC2. The summed E-state index contributed by atoms with van der Waals surface area (Å²) in [6, 6.07) is 0. The molecule has 2 aliphatic rings. The third kappa shape index (κ3) is 1.45. The van der Waals surface area contributed by atoms with Gasteiger partial charge in [0, 0.05) is 0 Å². The number of hydrogen-bond acceptors (Lipinski definition) is 1. The minimum atomic E-state index is 0.161. The van der Waals surface area contributed by atoms with Crippen molar-refractivity contribution in [1.29, 1.82) is 0 Å². The van der Waals surface area contributed by atoms with Gasteiger partial charge in [0.15, 0.2) is 0 Å². The Balaban J connectivity index is 0.000000336. The Bertz CT molecular complexity index is 235. The second-order valence-electron chi connectivity index (χ2n) is 3.00. The van der Waals surface area contributed by atoms with Crippen LogP contribution in [0.15, 0.2) is 36.3 Å². The van der Waals surface area contributed by atoms with Gasteiger partial charge in [-0.15, -0.1) is 0 Å². The smallest absolute Gasteiger partial charge is 0.113 e. The molecule has 0 saturated carbocycles. The lowest BCUT2D eigenvalue weighted by molar-refractivity contribution is 0.295. The van der Waals surface area contributed by atoms with Crippen LogP contribution < -0.4 is 0 Å². The number of hydrogen-bond donors (Lipinski definition) is 0. The molecule has 1 heterocycles. The zero-order valence-corrected chi connectivity index (χ0v) is 8.00. The Morgan fingerprint density at radius 3 is 2.83 bits per heavy atom. The minimum absolute atomic E-state index is 0.161. The topological polar surface area (TPSA) is 9.23 Å². The van der Waals surface area contributed by atoms with Gasteiger partial charge >= 0.3 is 0 Å². The van der Waals surface area contributed by atoms with E-state index in [1.807, 2.05) is 26.0 Å². The molecule has 0 aromatic carbocycles.